The first-order valence-corrected chi connectivity index (χ1v) is 11.3. The second-order valence-electron chi connectivity index (χ2n) is 6.48. The molecule has 0 saturated carbocycles. The Hall–Kier alpha value is -3.50. The van der Waals surface area contributed by atoms with Crippen LogP contribution in [0.4, 0.5) is 11.4 Å². The van der Waals surface area contributed by atoms with Crippen molar-refractivity contribution in [3.05, 3.63) is 82.8 Å². The van der Waals surface area contributed by atoms with E-state index in [4.69, 9.17) is 0 Å². The largest absolute Gasteiger partial charge is 0.493 e. The summed E-state index contributed by atoms with van der Waals surface area (Å²) in [7, 11) is -3.92. The van der Waals surface area contributed by atoms with Crippen LogP contribution in [0.15, 0.2) is 92.4 Å². The summed E-state index contributed by atoms with van der Waals surface area (Å²) in [5.41, 5.74) is 0.852. The molecule has 4 rings (SSSR count). The van der Waals surface area contributed by atoms with Crippen LogP contribution in [0.1, 0.15) is 10.4 Å². The number of sulfonamides is 1. The summed E-state index contributed by atoms with van der Waals surface area (Å²) < 4.78 is 28.5. The van der Waals surface area contributed by atoms with E-state index >= 15 is 0 Å². The van der Waals surface area contributed by atoms with Crippen LogP contribution >= 0.6 is 15.9 Å². The van der Waals surface area contributed by atoms with Gasteiger partial charge in [0.25, 0.3) is 15.9 Å². The van der Waals surface area contributed by atoms with E-state index in [1.165, 1.54) is 24.3 Å². The fourth-order valence-corrected chi connectivity index (χ4v) is 4.28. The Balaban J connectivity index is 1.63. The number of carbonyl (C=O) groups excluding carboxylic acids is 1. The second kappa shape index (κ2) is 8.32. The Labute approximate surface area is 185 Å². The zero-order valence-corrected chi connectivity index (χ0v) is 18.2. The number of aromatic amines is 1. The van der Waals surface area contributed by atoms with Gasteiger partial charge >= 0.3 is 0 Å². The third kappa shape index (κ3) is 4.35. The van der Waals surface area contributed by atoms with Gasteiger partial charge in [0.05, 0.1) is 21.7 Å². The van der Waals surface area contributed by atoms with E-state index < -0.39 is 15.9 Å². The molecule has 0 bridgehead atoms. The molecule has 10 heteroatoms. The minimum atomic E-state index is -3.92. The average molecular weight is 499 g/mol. The van der Waals surface area contributed by atoms with E-state index in [9.17, 15) is 18.3 Å². The van der Waals surface area contributed by atoms with Gasteiger partial charge < -0.3 is 10.1 Å². The summed E-state index contributed by atoms with van der Waals surface area (Å²) in [6.45, 7) is 0. The molecule has 0 fully saturated rings. The highest BCUT2D eigenvalue weighted by atomic mass is 79.9. The number of aromatic hydroxyl groups is 1. The van der Waals surface area contributed by atoms with Crippen LogP contribution in [0.25, 0.3) is 10.9 Å². The van der Waals surface area contributed by atoms with Gasteiger partial charge in [0.2, 0.25) is 5.88 Å². The molecular weight excluding hydrogens is 484 g/mol. The monoisotopic (exact) mass is 498 g/mol. The summed E-state index contributed by atoms with van der Waals surface area (Å²) in [6, 6.07) is 19.2. The number of hydrogen-bond donors (Lipinski definition) is 3. The number of rotatable bonds is 5. The molecule has 4 aromatic rings. The number of nitrogens with one attached hydrogen (secondary N) is 2. The van der Waals surface area contributed by atoms with E-state index in [1.807, 2.05) is 0 Å². The van der Waals surface area contributed by atoms with Gasteiger partial charge in [-0.3, -0.25) is 9.52 Å². The maximum Gasteiger partial charge on any atom is 0.297 e. The molecule has 3 aromatic carbocycles. The highest BCUT2D eigenvalue weighted by molar-refractivity contribution is 9.10. The Morgan fingerprint density at radius 1 is 0.968 bits per heavy atom. The molecule has 0 saturated heterocycles. The fourth-order valence-electron chi connectivity index (χ4n) is 2.94. The van der Waals surface area contributed by atoms with Crippen molar-refractivity contribution >= 4 is 54.1 Å². The predicted molar refractivity (Wildman–Crippen MR) is 120 cm³/mol. The van der Waals surface area contributed by atoms with Crippen molar-refractivity contribution in [3.8, 4) is 5.88 Å². The molecule has 1 amide bonds. The molecule has 8 nitrogen and oxygen atoms in total. The molecule has 0 aliphatic heterocycles. The molecule has 31 heavy (non-hydrogen) atoms. The second-order valence-corrected chi connectivity index (χ2v) is 9.08. The number of H-pyrrole nitrogens is 1. The van der Waals surface area contributed by atoms with Gasteiger partial charge in [-0.05, 0) is 42.5 Å². The first kappa shape index (κ1) is 20.8. The van der Waals surface area contributed by atoms with Crippen molar-refractivity contribution < 1.29 is 18.3 Å². The molecular formula is C21H15BrN4O4S. The van der Waals surface area contributed by atoms with Gasteiger partial charge in [-0.1, -0.05) is 46.3 Å². The predicted octanol–water partition coefficient (Wildman–Crippen LogP) is 5.36. The van der Waals surface area contributed by atoms with Crippen molar-refractivity contribution in [1.82, 2.24) is 4.98 Å². The highest BCUT2D eigenvalue weighted by Crippen LogP contribution is 2.35. The van der Waals surface area contributed by atoms with E-state index in [0.29, 0.717) is 10.9 Å². The van der Waals surface area contributed by atoms with Gasteiger partial charge in [0.15, 0.2) is 5.69 Å². The zero-order valence-electron chi connectivity index (χ0n) is 15.8. The first-order valence-electron chi connectivity index (χ1n) is 8.98. The number of fused-ring (bicyclic) bond motifs is 1. The Kier molecular flexibility index (Phi) is 5.57. The van der Waals surface area contributed by atoms with Crippen LogP contribution in [0.5, 0.6) is 5.88 Å². The Morgan fingerprint density at radius 2 is 1.65 bits per heavy atom. The minimum Gasteiger partial charge on any atom is -0.493 e. The van der Waals surface area contributed by atoms with Crippen molar-refractivity contribution in [2.45, 2.75) is 4.90 Å². The van der Waals surface area contributed by atoms with Crippen LogP contribution in [-0.2, 0) is 10.0 Å². The summed E-state index contributed by atoms with van der Waals surface area (Å²) in [5, 5.41) is 18.2. The van der Waals surface area contributed by atoms with Crippen molar-refractivity contribution in [2.75, 3.05) is 4.72 Å². The lowest BCUT2D eigenvalue weighted by molar-refractivity contribution is 0.0996. The lowest BCUT2D eigenvalue weighted by Crippen LogP contribution is -2.15. The summed E-state index contributed by atoms with van der Waals surface area (Å²) in [6.07, 6.45) is 0. The smallest absolute Gasteiger partial charge is 0.297 e. The summed E-state index contributed by atoms with van der Waals surface area (Å²) in [4.78, 5) is 15.5. The van der Waals surface area contributed by atoms with Crippen molar-refractivity contribution in [1.29, 1.82) is 0 Å². The number of aromatic nitrogens is 1. The number of benzene rings is 3. The van der Waals surface area contributed by atoms with Crippen LogP contribution in [0.2, 0.25) is 0 Å². The first-order chi connectivity index (χ1) is 14.8. The number of azo groups is 1. The SMILES string of the molecule is O=C(N=Nc1c(O)[nH]c2ccccc12)c1ccccc1NS(=O)(=O)c1ccc(Br)cc1. The quantitative estimate of drug-likeness (QED) is 0.320. The molecule has 156 valence electrons. The van der Waals surface area contributed by atoms with Gasteiger partial charge in [0.1, 0.15) is 0 Å². The lowest BCUT2D eigenvalue weighted by Gasteiger charge is -2.10. The number of hydrogen-bond acceptors (Lipinski definition) is 5. The van der Waals surface area contributed by atoms with Gasteiger partial charge in [0, 0.05) is 9.86 Å². The normalized spacial score (nSPS) is 11.8. The molecule has 0 unspecified atom stereocenters. The van der Waals surface area contributed by atoms with Crippen LogP contribution in [0.3, 0.4) is 0 Å². The number of nitrogens with zero attached hydrogens (tertiary/aromatic N) is 2. The zero-order chi connectivity index (χ0) is 22.0. The van der Waals surface area contributed by atoms with Crippen molar-refractivity contribution in [2.24, 2.45) is 10.2 Å². The number of anilines is 1. The van der Waals surface area contributed by atoms with E-state index in [-0.39, 0.29) is 27.7 Å². The van der Waals surface area contributed by atoms with E-state index in [1.54, 1.807) is 48.5 Å². The molecule has 0 radical (unpaired) electrons. The van der Waals surface area contributed by atoms with Crippen LogP contribution in [0, 0.1) is 0 Å². The van der Waals surface area contributed by atoms with Crippen LogP contribution < -0.4 is 4.72 Å². The Morgan fingerprint density at radius 3 is 2.42 bits per heavy atom. The summed E-state index contributed by atoms with van der Waals surface area (Å²) in [5.74, 6) is -0.985. The maximum atomic E-state index is 12.7. The molecule has 0 aliphatic carbocycles. The van der Waals surface area contributed by atoms with Gasteiger partial charge in [-0.25, -0.2) is 8.42 Å². The average Bonchev–Trinajstić information content (AvgIpc) is 3.07. The van der Waals surface area contributed by atoms with Gasteiger partial charge in [-0.15, -0.1) is 10.2 Å². The number of amides is 1. The minimum absolute atomic E-state index is 0.0197. The molecule has 1 aromatic heterocycles. The van der Waals surface area contributed by atoms with Gasteiger partial charge in [-0.2, -0.15) is 0 Å². The maximum absolute atomic E-state index is 12.7. The van der Waals surface area contributed by atoms with E-state index in [0.717, 1.165) is 4.47 Å². The standard InChI is InChI=1S/C21H15BrN4O4S/c22-13-9-11-14(12-10-13)31(29,30)26-18-8-4-2-6-16(18)20(27)25-24-19-15-5-1-3-7-17(15)23-21(19)28/h1-12,23,26,28H. The molecule has 3 N–H and O–H groups in total. The topological polar surface area (TPSA) is 124 Å². The third-order valence-electron chi connectivity index (χ3n) is 4.43. The molecule has 0 atom stereocenters. The number of para-hydroxylation sites is 2. The molecule has 0 spiro atoms. The van der Waals surface area contributed by atoms with Crippen molar-refractivity contribution in [3.63, 3.8) is 0 Å². The molecule has 0 aliphatic rings. The van der Waals surface area contributed by atoms with Crippen LogP contribution in [-0.4, -0.2) is 24.4 Å². The summed E-state index contributed by atoms with van der Waals surface area (Å²) >= 11 is 3.26. The Bertz CT molecular complexity index is 1410. The third-order valence-corrected chi connectivity index (χ3v) is 6.34. The highest BCUT2D eigenvalue weighted by Gasteiger charge is 2.19. The van der Waals surface area contributed by atoms with E-state index in [2.05, 4.69) is 35.9 Å². The molecule has 1 heterocycles. The fraction of sp³-hybridized carbons (Fsp3) is 0. The lowest BCUT2D eigenvalue weighted by atomic mass is 10.2. The number of carbonyl (C=O) groups is 1. The number of halogens is 1.